The van der Waals surface area contributed by atoms with Gasteiger partial charge >= 0.3 is 0 Å². The molecule has 0 aromatic heterocycles. The van der Waals surface area contributed by atoms with Gasteiger partial charge in [0.05, 0.1) is 4.92 Å². The van der Waals surface area contributed by atoms with Crippen LogP contribution in [-0.2, 0) is 0 Å². The Labute approximate surface area is 128 Å². The average molecular weight is 341 g/mol. The molecular formula is C15H21BrN2O2. The van der Waals surface area contributed by atoms with E-state index in [-0.39, 0.29) is 10.6 Å². The van der Waals surface area contributed by atoms with Gasteiger partial charge in [-0.15, -0.1) is 0 Å². The van der Waals surface area contributed by atoms with Crippen LogP contribution in [0.4, 0.5) is 11.4 Å². The van der Waals surface area contributed by atoms with Crippen molar-refractivity contribution in [2.75, 3.05) is 11.9 Å². The molecule has 2 rings (SSSR count). The van der Waals surface area contributed by atoms with Gasteiger partial charge in [-0.3, -0.25) is 10.1 Å². The summed E-state index contributed by atoms with van der Waals surface area (Å²) < 4.78 is 0.858. The van der Waals surface area contributed by atoms with Crippen molar-refractivity contribution < 1.29 is 4.92 Å². The van der Waals surface area contributed by atoms with E-state index in [0.717, 1.165) is 29.3 Å². The molecule has 0 heterocycles. The molecule has 0 atom stereocenters. The summed E-state index contributed by atoms with van der Waals surface area (Å²) in [5.74, 6) is 1.63. The molecule has 1 N–H and O–H groups in total. The van der Waals surface area contributed by atoms with Crippen LogP contribution in [0.5, 0.6) is 0 Å². The minimum absolute atomic E-state index is 0.144. The highest BCUT2D eigenvalue weighted by Crippen LogP contribution is 2.31. The standard InChI is InChI=1S/C15H21BrN2O2/c1-11-2-4-12(5-3-11)8-9-17-14-10-13(16)6-7-15(14)18(19)20/h6-7,10-12,17H,2-5,8-9H2,1H3. The fraction of sp³-hybridized carbons (Fsp3) is 0.600. The van der Waals surface area contributed by atoms with Gasteiger partial charge in [0.15, 0.2) is 0 Å². The monoisotopic (exact) mass is 340 g/mol. The van der Waals surface area contributed by atoms with Crippen molar-refractivity contribution in [3.8, 4) is 0 Å². The van der Waals surface area contributed by atoms with Gasteiger partial charge in [0.25, 0.3) is 5.69 Å². The molecule has 1 saturated carbocycles. The zero-order valence-corrected chi connectivity index (χ0v) is 13.4. The quantitative estimate of drug-likeness (QED) is 0.607. The zero-order valence-electron chi connectivity index (χ0n) is 11.8. The normalized spacial score (nSPS) is 22.5. The van der Waals surface area contributed by atoms with E-state index in [1.165, 1.54) is 31.7 Å². The van der Waals surface area contributed by atoms with E-state index < -0.39 is 0 Å². The van der Waals surface area contributed by atoms with Gasteiger partial charge in [-0.05, 0) is 30.4 Å². The van der Waals surface area contributed by atoms with Crippen molar-refractivity contribution in [3.05, 3.63) is 32.8 Å². The highest BCUT2D eigenvalue weighted by Gasteiger charge is 2.18. The largest absolute Gasteiger partial charge is 0.379 e. The minimum atomic E-state index is -0.336. The maximum Gasteiger partial charge on any atom is 0.292 e. The van der Waals surface area contributed by atoms with Gasteiger partial charge in [0.2, 0.25) is 0 Å². The Hall–Kier alpha value is -1.10. The number of benzene rings is 1. The Bertz CT molecular complexity index is 471. The number of anilines is 1. The molecule has 1 aliphatic rings. The molecule has 1 aromatic carbocycles. The molecule has 0 unspecified atom stereocenters. The Morgan fingerprint density at radius 1 is 1.35 bits per heavy atom. The summed E-state index contributed by atoms with van der Waals surface area (Å²) >= 11 is 3.36. The fourth-order valence-corrected chi connectivity index (χ4v) is 3.20. The van der Waals surface area contributed by atoms with E-state index in [2.05, 4.69) is 28.2 Å². The summed E-state index contributed by atoms with van der Waals surface area (Å²) in [5, 5.41) is 14.2. The summed E-state index contributed by atoms with van der Waals surface area (Å²) in [6, 6.07) is 5.02. The van der Waals surface area contributed by atoms with Crippen LogP contribution >= 0.6 is 15.9 Å². The first kappa shape index (κ1) is 15.3. The van der Waals surface area contributed by atoms with E-state index in [1.807, 2.05) is 0 Å². The molecule has 1 fully saturated rings. The highest BCUT2D eigenvalue weighted by molar-refractivity contribution is 9.10. The van der Waals surface area contributed by atoms with Gasteiger partial charge in [-0.1, -0.05) is 48.5 Å². The first-order chi connectivity index (χ1) is 9.56. The van der Waals surface area contributed by atoms with Gasteiger partial charge < -0.3 is 5.32 Å². The van der Waals surface area contributed by atoms with Crippen LogP contribution in [0.2, 0.25) is 0 Å². The maximum absolute atomic E-state index is 11.0. The second-order valence-corrected chi connectivity index (χ2v) is 6.68. The Morgan fingerprint density at radius 3 is 2.70 bits per heavy atom. The lowest BCUT2D eigenvalue weighted by Crippen LogP contribution is -2.16. The lowest BCUT2D eigenvalue weighted by atomic mass is 9.81. The summed E-state index contributed by atoms with van der Waals surface area (Å²) in [7, 11) is 0. The molecule has 0 radical (unpaired) electrons. The molecule has 110 valence electrons. The predicted molar refractivity (Wildman–Crippen MR) is 85.0 cm³/mol. The Morgan fingerprint density at radius 2 is 2.05 bits per heavy atom. The number of nitrogens with one attached hydrogen (secondary N) is 1. The summed E-state index contributed by atoms with van der Waals surface area (Å²) in [4.78, 5) is 10.6. The van der Waals surface area contributed by atoms with Crippen molar-refractivity contribution in [1.29, 1.82) is 0 Å². The van der Waals surface area contributed by atoms with E-state index in [9.17, 15) is 10.1 Å². The molecule has 0 saturated heterocycles. The van der Waals surface area contributed by atoms with E-state index in [4.69, 9.17) is 0 Å². The second kappa shape index (κ2) is 7.07. The lowest BCUT2D eigenvalue weighted by Gasteiger charge is -2.26. The predicted octanol–water partition coefficient (Wildman–Crippen LogP) is 4.99. The number of hydrogen-bond donors (Lipinski definition) is 1. The summed E-state index contributed by atoms with van der Waals surface area (Å²) in [5.41, 5.74) is 0.749. The van der Waals surface area contributed by atoms with Crippen molar-refractivity contribution in [3.63, 3.8) is 0 Å². The van der Waals surface area contributed by atoms with Crippen LogP contribution in [0.25, 0.3) is 0 Å². The number of nitro benzene ring substituents is 1. The molecule has 0 amide bonds. The smallest absolute Gasteiger partial charge is 0.292 e. The van der Waals surface area contributed by atoms with Crippen LogP contribution in [-0.4, -0.2) is 11.5 Å². The van der Waals surface area contributed by atoms with Crippen LogP contribution in [0.3, 0.4) is 0 Å². The highest BCUT2D eigenvalue weighted by atomic mass is 79.9. The first-order valence-electron chi connectivity index (χ1n) is 7.24. The molecule has 0 bridgehead atoms. The molecule has 1 aliphatic carbocycles. The van der Waals surface area contributed by atoms with E-state index in [1.54, 1.807) is 12.1 Å². The molecule has 1 aromatic rings. The summed E-state index contributed by atoms with van der Waals surface area (Å²) in [6.45, 7) is 3.12. The van der Waals surface area contributed by atoms with Crippen LogP contribution < -0.4 is 5.32 Å². The summed E-state index contributed by atoms with van der Waals surface area (Å²) in [6.07, 6.45) is 6.33. The maximum atomic E-state index is 11.0. The minimum Gasteiger partial charge on any atom is -0.379 e. The lowest BCUT2D eigenvalue weighted by molar-refractivity contribution is -0.384. The number of rotatable bonds is 5. The van der Waals surface area contributed by atoms with Crippen molar-refractivity contribution in [2.24, 2.45) is 11.8 Å². The third-order valence-corrected chi connectivity index (χ3v) is 4.65. The van der Waals surface area contributed by atoms with Gasteiger partial charge in [-0.25, -0.2) is 0 Å². The van der Waals surface area contributed by atoms with Crippen molar-refractivity contribution in [2.45, 2.75) is 39.0 Å². The van der Waals surface area contributed by atoms with Crippen LogP contribution in [0, 0.1) is 22.0 Å². The fourth-order valence-electron chi connectivity index (χ4n) is 2.84. The zero-order chi connectivity index (χ0) is 14.5. The van der Waals surface area contributed by atoms with Crippen LogP contribution in [0.15, 0.2) is 22.7 Å². The Balaban J connectivity index is 1.87. The third kappa shape index (κ3) is 4.20. The van der Waals surface area contributed by atoms with Gasteiger partial charge in [0, 0.05) is 17.1 Å². The topological polar surface area (TPSA) is 55.2 Å². The molecular weight excluding hydrogens is 320 g/mol. The molecule has 5 heteroatoms. The van der Waals surface area contributed by atoms with Crippen LogP contribution in [0.1, 0.15) is 39.0 Å². The number of hydrogen-bond acceptors (Lipinski definition) is 3. The van der Waals surface area contributed by atoms with E-state index in [0.29, 0.717) is 5.69 Å². The molecule has 0 spiro atoms. The first-order valence-corrected chi connectivity index (χ1v) is 8.03. The number of halogens is 1. The van der Waals surface area contributed by atoms with E-state index >= 15 is 0 Å². The second-order valence-electron chi connectivity index (χ2n) is 5.76. The van der Waals surface area contributed by atoms with Crippen molar-refractivity contribution in [1.82, 2.24) is 0 Å². The Kier molecular flexibility index (Phi) is 5.40. The molecule has 0 aliphatic heterocycles. The SMILES string of the molecule is CC1CCC(CCNc2cc(Br)ccc2[N+](=O)[O-])CC1. The number of nitro groups is 1. The molecule has 20 heavy (non-hydrogen) atoms. The van der Waals surface area contributed by atoms with Gasteiger partial charge in [0.1, 0.15) is 5.69 Å². The molecule has 4 nitrogen and oxygen atoms in total. The van der Waals surface area contributed by atoms with Gasteiger partial charge in [-0.2, -0.15) is 0 Å². The average Bonchev–Trinajstić information content (AvgIpc) is 2.41. The number of nitrogens with zero attached hydrogens (tertiary/aromatic N) is 1. The third-order valence-electron chi connectivity index (χ3n) is 4.16. The van der Waals surface area contributed by atoms with Crippen molar-refractivity contribution >= 4 is 27.3 Å².